The average Bonchev–Trinajstić information content (AvgIpc) is 3.15. The molecule has 1 atom stereocenters. The quantitative estimate of drug-likeness (QED) is 0.768. The van der Waals surface area contributed by atoms with Gasteiger partial charge in [0.25, 0.3) is 0 Å². The number of cyclic esters (lactones) is 1. The molecule has 1 aromatic heterocycles. The molecule has 2 aliphatic heterocycles. The zero-order valence-electron chi connectivity index (χ0n) is 17.3. The molecule has 4 rings (SSSR count). The first-order valence-electron chi connectivity index (χ1n) is 10.7. The second-order valence-corrected chi connectivity index (χ2v) is 8.09. The number of piperidine rings is 1. The lowest BCUT2D eigenvalue weighted by atomic mass is 9.92. The molecule has 0 saturated carbocycles. The summed E-state index contributed by atoms with van der Waals surface area (Å²) in [5.41, 5.74) is 1.54. The van der Waals surface area contributed by atoms with Crippen molar-refractivity contribution in [3.8, 4) is 11.1 Å². The fourth-order valence-electron chi connectivity index (χ4n) is 4.32. The van der Waals surface area contributed by atoms with Gasteiger partial charge in [-0.1, -0.05) is 19.8 Å². The van der Waals surface area contributed by atoms with E-state index in [0.717, 1.165) is 24.8 Å². The van der Waals surface area contributed by atoms with Crippen molar-refractivity contribution in [2.75, 3.05) is 36.0 Å². The highest BCUT2D eigenvalue weighted by atomic mass is 19.1. The first-order valence-corrected chi connectivity index (χ1v) is 10.7. The Morgan fingerprint density at radius 1 is 1.23 bits per heavy atom. The Labute approximate surface area is 176 Å². The SMILES string of the molecule is CCCC1CCN(c2ccc(-c3ccc(N4C[C@H](CO)OC4=O)cc3F)cn2)CC1. The van der Waals surface area contributed by atoms with E-state index in [9.17, 15) is 9.18 Å². The van der Waals surface area contributed by atoms with Crippen molar-refractivity contribution in [1.82, 2.24) is 4.98 Å². The minimum Gasteiger partial charge on any atom is -0.441 e. The van der Waals surface area contributed by atoms with Gasteiger partial charge in [0.1, 0.15) is 17.7 Å². The van der Waals surface area contributed by atoms with Gasteiger partial charge in [0.2, 0.25) is 0 Å². The fourth-order valence-corrected chi connectivity index (χ4v) is 4.32. The van der Waals surface area contributed by atoms with Crippen molar-refractivity contribution in [2.24, 2.45) is 5.92 Å². The van der Waals surface area contributed by atoms with Crippen molar-refractivity contribution < 1.29 is 19.0 Å². The van der Waals surface area contributed by atoms with E-state index in [1.165, 1.54) is 36.6 Å². The van der Waals surface area contributed by atoms with E-state index in [4.69, 9.17) is 9.84 Å². The number of aliphatic hydroxyl groups excluding tert-OH is 1. The summed E-state index contributed by atoms with van der Waals surface area (Å²) in [5, 5.41) is 9.16. The summed E-state index contributed by atoms with van der Waals surface area (Å²) in [6.07, 6.45) is 5.48. The third-order valence-electron chi connectivity index (χ3n) is 6.04. The van der Waals surface area contributed by atoms with Crippen molar-refractivity contribution in [1.29, 1.82) is 0 Å². The number of amides is 1. The summed E-state index contributed by atoms with van der Waals surface area (Å²) in [6.45, 7) is 4.22. The smallest absolute Gasteiger partial charge is 0.414 e. The summed E-state index contributed by atoms with van der Waals surface area (Å²) in [5.74, 6) is 1.32. The van der Waals surface area contributed by atoms with Gasteiger partial charge in [0.05, 0.1) is 18.8 Å². The van der Waals surface area contributed by atoms with Crippen LogP contribution in [0, 0.1) is 11.7 Å². The molecule has 3 heterocycles. The Morgan fingerprint density at radius 3 is 2.63 bits per heavy atom. The van der Waals surface area contributed by atoms with Crippen LogP contribution in [-0.2, 0) is 4.74 Å². The monoisotopic (exact) mass is 413 g/mol. The van der Waals surface area contributed by atoms with Gasteiger partial charge in [-0.05, 0) is 49.1 Å². The number of ether oxygens (including phenoxy) is 1. The Hall–Kier alpha value is -2.67. The number of carbonyl (C=O) groups excluding carboxylic acids is 1. The van der Waals surface area contributed by atoms with E-state index in [1.807, 2.05) is 12.1 Å². The highest BCUT2D eigenvalue weighted by molar-refractivity contribution is 5.90. The van der Waals surface area contributed by atoms with E-state index in [2.05, 4.69) is 16.8 Å². The van der Waals surface area contributed by atoms with Crippen LogP contribution in [0.25, 0.3) is 11.1 Å². The highest BCUT2D eigenvalue weighted by Gasteiger charge is 2.32. The molecule has 30 heavy (non-hydrogen) atoms. The third-order valence-corrected chi connectivity index (χ3v) is 6.04. The number of hydrogen-bond acceptors (Lipinski definition) is 5. The van der Waals surface area contributed by atoms with E-state index >= 15 is 0 Å². The van der Waals surface area contributed by atoms with Crippen LogP contribution >= 0.6 is 0 Å². The Balaban J connectivity index is 1.45. The molecule has 0 aliphatic carbocycles. The lowest BCUT2D eigenvalue weighted by molar-refractivity contribution is 0.0963. The lowest BCUT2D eigenvalue weighted by Gasteiger charge is -2.32. The van der Waals surface area contributed by atoms with Crippen LogP contribution in [0.15, 0.2) is 36.5 Å². The number of aromatic nitrogens is 1. The molecule has 1 amide bonds. The van der Waals surface area contributed by atoms with Crippen molar-refractivity contribution in [3.63, 3.8) is 0 Å². The number of pyridine rings is 1. The highest BCUT2D eigenvalue weighted by Crippen LogP contribution is 2.30. The fraction of sp³-hybridized carbons (Fsp3) is 0.478. The van der Waals surface area contributed by atoms with Gasteiger partial charge in [0, 0.05) is 30.4 Å². The molecule has 7 heteroatoms. The predicted molar refractivity (Wildman–Crippen MR) is 114 cm³/mol. The Bertz CT molecular complexity index is 882. The van der Waals surface area contributed by atoms with E-state index in [1.54, 1.807) is 18.3 Å². The average molecular weight is 413 g/mol. The maximum Gasteiger partial charge on any atom is 0.414 e. The van der Waals surface area contributed by atoms with Crippen molar-refractivity contribution in [2.45, 2.75) is 38.7 Å². The first kappa shape index (κ1) is 20.6. The second-order valence-electron chi connectivity index (χ2n) is 8.09. The van der Waals surface area contributed by atoms with Crippen molar-refractivity contribution >= 4 is 17.6 Å². The number of anilines is 2. The summed E-state index contributed by atoms with van der Waals surface area (Å²) < 4.78 is 19.8. The minimum atomic E-state index is -0.580. The molecule has 0 spiro atoms. The van der Waals surface area contributed by atoms with Gasteiger partial charge in [0.15, 0.2) is 0 Å². The van der Waals surface area contributed by atoms with Crippen LogP contribution in [0.5, 0.6) is 0 Å². The molecule has 2 aliphatic rings. The number of hydrogen-bond donors (Lipinski definition) is 1. The van der Waals surface area contributed by atoms with Gasteiger partial charge >= 0.3 is 6.09 Å². The second kappa shape index (κ2) is 9.00. The number of carbonyl (C=O) groups is 1. The number of halogens is 1. The topological polar surface area (TPSA) is 65.9 Å². The molecule has 2 aromatic rings. The van der Waals surface area contributed by atoms with Gasteiger partial charge in [-0.3, -0.25) is 4.90 Å². The standard InChI is InChI=1S/C23H28FN3O3/c1-2-3-16-8-10-26(11-9-16)22-7-4-17(13-25-22)20-6-5-18(12-21(20)24)27-14-19(15-28)30-23(27)29/h4-7,12-13,16,19,28H,2-3,8-11,14-15H2,1H3/t19-/m1/s1. The Kier molecular flexibility index (Phi) is 6.18. The molecular weight excluding hydrogens is 385 g/mol. The molecule has 1 aromatic carbocycles. The predicted octanol–water partition coefficient (Wildman–Crippen LogP) is 4.22. The molecule has 6 nitrogen and oxygen atoms in total. The molecule has 2 saturated heterocycles. The van der Waals surface area contributed by atoms with E-state index in [0.29, 0.717) is 16.8 Å². The van der Waals surface area contributed by atoms with E-state index in [-0.39, 0.29) is 13.2 Å². The minimum absolute atomic E-state index is 0.208. The van der Waals surface area contributed by atoms with Crippen molar-refractivity contribution in [3.05, 3.63) is 42.3 Å². The van der Waals surface area contributed by atoms with Crippen LogP contribution in [0.1, 0.15) is 32.6 Å². The van der Waals surface area contributed by atoms with Gasteiger partial charge in [-0.15, -0.1) is 0 Å². The van der Waals surface area contributed by atoms with Crippen LogP contribution in [0.2, 0.25) is 0 Å². The largest absolute Gasteiger partial charge is 0.441 e. The van der Waals surface area contributed by atoms with Crippen LogP contribution in [0.3, 0.4) is 0 Å². The first-order chi connectivity index (χ1) is 14.6. The number of rotatable bonds is 6. The van der Waals surface area contributed by atoms with Crippen LogP contribution in [-0.4, -0.2) is 48.5 Å². The maximum absolute atomic E-state index is 14.8. The number of benzene rings is 1. The zero-order chi connectivity index (χ0) is 21.1. The van der Waals surface area contributed by atoms with E-state index < -0.39 is 18.0 Å². The van der Waals surface area contributed by atoms with Crippen LogP contribution in [0.4, 0.5) is 20.7 Å². The lowest BCUT2D eigenvalue weighted by Crippen LogP contribution is -2.34. The molecule has 160 valence electrons. The molecule has 2 fully saturated rings. The van der Waals surface area contributed by atoms with Gasteiger partial charge < -0.3 is 14.7 Å². The maximum atomic E-state index is 14.8. The molecular formula is C23H28FN3O3. The summed E-state index contributed by atoms with van der Waals surface area (Å²) in [4.78, 5) is 20.1. The third kappa shape index (κ3) is 4.26. The molecule has 1 N–H and O–H groups in total. The normalized spacial score (nSPS) is 20.0. The van der Waals surface area contributed by atoms with Crippen LogP contribution < -0.4 is 9.80 Å². The summed E-state index contributed by atoms with van der Waals surface area (Å²) in [6, 6.07) is 8.50. The summed E-state index contributed by atoms with van der Waals surface area (Å²) >= 11 is 0. The molecule has 0 unspecified atom stereocenters. The number of nitrogens with zero attached hydrogens (tertiary/aromatic N) is 3. The zero-order valence-corrected chi connectivity index (χ0v) is 17.3. The number of aliphatic hydroxyl groups is 1. The van der Waals surface area contributed by atoms with Gasteiger partial charge in [-0.25, -0.2) is 14.2 Å². The molecule has 0 radical (unpaired) electrons. The molecule has 0 bridgehead atoms. The summed E-state index contributed by atoms with van der Waals surface area (Å²) in [7, 11) is 0. The van der Waals surface area contributed by atoms with Gasteiger partial charge in [-0.2, -0.15) is 0 Å². The Morgan fingerprint density at radius 2 is 2.03 bits per heavy atom.